The maximum absolute atomic E-state index is 12.3. The summed E-state index contributed by atoms with van der Waals surface area (Å²) in [7, 11) is 0. The fourth-order valence-corrected chi connectivity index (χ4v) is 3.56. The van der Waals surface area contributed by atoms with Crippen LogP contribution in [0.1, 0.15) is 54.7 Å². The highest BCUT2D eigenvalue weighted by molar-refractivity contribution is 7.16. The molecular weight excluding hydrogens is 404 g/mol. The zero-order valence-corrected chi connectivity index (χ0v) is 18.0. The van der Waals surface area contributed by atoms with E-state index in [0.717, 1.165) is 24.3 Å². The van der Waals surface area contributed by atoms with E-state index >= 15 is 0 Å². The number of fused-ring (bicyclic) bond motifs is 1. The lowest BCUT2D eigenvalue weighted by Crippen LogP contribution is -2.18. The van der Waals surface area contributed by atoms with Crippen molar-refractivity contribution in [2.45, 2.75) is 46.6 Å². The summed E-state index contributed by atoms with van der Waals surface area (Å²) >= 11 is 1.37. The molecule has 0 fully saturated rings. The van der Waals surface area contributed by atoms with Gasteiger partial charge in [0.05, 0.1) is 11.3 Å². The number of nitrogens with zero attached hydrogens (tertiary/aromatic N) is 3. The maximum Gasteiger partial charge on any atom is 0.338 e. The SMILES string of the molecule is CCCCc1nn2c(=O)cc(COC(=O)c3ccc(NC(=O)C(C)C)cc3)nc2s1. The normalized spacial score (nSPS) is 11.1. The van der Waals surface area contributed by atoms with Crippen molar-refractivity contribution in [3.63, 3.8) is 0 Å². The minimum atomic E-state index is -0.535. The van der Waals surface area contributed by atoms with Gasteiger partial charge in [-0.25, -0.2) is 9.78 Å². The van der Waals surface area contributed by atoms with E-state index in [-0.39, 0.29) is 24.0 Å². The van der Waals surface area contributed by atoms with Crippen molar-refractivity contribution >= 4 is 33.9 Å². The van der Waals surface area contributed by atoms with Crippen molar-refractivity contribution in [1.29, 1.82) is 0 Å². The van der Waals surface area contributed by atoms with Gasteiger partial charge in [-0.2, -0.15) is 9.61 Å². The van der Waals surface area contributed by atoms with Crippen LogP contribution in [0.15, 0.2) is 35.1 Å². The molecule has 0 aliphatic rings. The number of hydrogen-bond acceptors (Lipinski definition) is 7. The lowest BCUT2D eigenvalue weighted by atomic mass is 10.2. The molecule has 3 aromatic rings. The summed E-state index contributed by atoms with van der Waals surface area (Å²) in [6, 6.07) is 7.76. The third kappa shape index (κ3) is 5.29. The third-order valence-electron chi connectivity index (χ3n) is 4.35. The number of aryl methyl sites for hydroxylation is 1. The number of carbonyl (C=O) groups excluding carboxylic acids is 2. The van der Waals surface area contributed by atoms with Gasteiger partial charge in [-0.05, 0) is 30.7 Å². The first kappa shape index (κ1) is 21.6. The van der Waals surface area contributed by atoms with Gasteiger partial charge < -0.3 is 10.1 Å². The van der Waals surface area contributed by atoms with Crippen LogP contribution in [-0.4, -0.2) is 26.5 Å². The van der Waals surface area contributed by atoms with Crippen LogP contribution >= 0.6 is 11.3 Å². The van der Waals surface area contributed by atoms with E-state index in [1.165, 1.54) is 21.9 Å². The molecule has 1 aromatic carbocycles. The molecule has 30 heavy (non-hydrogen) atoms. The Kier molecular flexibility index (Phi) is 6.94. The number of amides is 1. The summed E-state index contributed by atoms with van der Waals surface area (Å²) in [5, 5.41) is 7.92. The third-order valence-corrected chi connectivity index (χ3v) is 5.32. The lowest BCUT2D eigenvalue weighted by Gasteiger charge is -2.08. The molecule has 1 amide bonds. The van der Waals surface area contributed by atoms with Gasteiger partial charge in [0.2, 0.25) is 10.9 Å². The molecule has 0 saturated heterocycles. The first-order valence-electron chi connectivity index (χ1n) is 9.84. The van der Waals surface area contributed by atoms with Gasteiger partial charge in [-0.15, -0.1) is 0 Å². The Balaban J connectivity index is 1.64. The van der Waals surface area contributed by atoms with Crippen LogP contribution in [0.5, 0.6) is 0 Å². The van der Waals surface area contributed by atoms with E-state index in [9.17, 15) is 14.4 Å². The summed E-state index contributed by atoms with van der Waals surface area (Å²) in [5.41, 5.74) is 1.03. The number of esters is 1. The lowest BCUT2D eigenvalue weighted by molar-refractivity contribution is -0.118. The van der Waals surface area contributed by atoms with Crippen LogP contribution in [0, 0.1) is 5.92 Å². The summed E-state index contributed by atoms with van der Waals surface area (Å²) in [6.07, 6.45) is 2.85. The molecule has 0 bridgehead atoms. The van der Waals surface area contributed by atoms with Crippen molar-refractivity contribution in [3.8, 4) is 0 Å². The summed E-state index contributed by atoms with van der Waals surface area (Å²) in [6.45, 7) is 5.59. The van der Waals surface area contributed by atoms with E-state index in [1.54, 1.807) is 38.1 Å². The van der Waals surface area contributed by atoms with Crippen LogP contribution in [0.4, 0.5) is 5.69 Å². The Labute approximate surface area is 177 Å². The average Bonchev–Trinajstić information content (AvgIpc) is 3.14. The van der Waals surface area contributed by atoms with E-state index in [2.05, 4.69) is 22.3 Å². The second kappa shape index (κ2) is 9.62. The fourth-order valence-electron chi connectivity index (χ4n) is 2.60. The second-order valence-corrected chi connectivity index (χ2v) is 8.22. The molecule has 1 N–H and O–H groups in total. The monoisotopic (exact) mass is 428 g/mol. The van der Waals surface area contributed by atoms with Crippen LogP contribution in [0.3, 0.4) is 0 Å². The highest BCUT2D eigenvalue weighted by Gasteiger charge is 2.13. The number of hydrogen-bond donors (Lipinski definition) is 1. The van der Waals surface area contributed by atoms with Gasteiger partial charge in [-0.3, -0.25) is 9.59 Å². The molecule has 0 saturated carbocycles. The number of ether oxygens (including phenoxy) is 1. The van der Waals surface area contributed by atoms with E-state index in [4.69, 9.17) is 4.74 Å². The van der Waals surface area contributed by atoms with Crippen LogP contribution < -0.4 is 10.9 Å². The van der Waals surface area contributed by atoms with Gasteiger partial charge in [0.1, 0.15) is 11.6 Å². The minimum Gasteiger partial charge on any atom is -0.456 e. The van der Waals surface area contributed by atoms with Gasteiger partial charge >= 0.3 is 5.97 Å². The van der Waals surface area contributed by atoms with Gasteiger partial charge in [0, 0.05) is 24.1 Å². The van der Waals surface area contributed by atoms with Gasteiger partial charge in [0.25, 0.3) is 5.56 Å². The molecular formula is C21H24N4O4S. The van der Waals surface area contributed by atoms with Crippen molar-refractivity contribution in [3.05, 3.63) is 57.0 Å². The van der Waals surface area contributed by atoms with Gasteiger partial charge in [-0.1, -0.05) is 38.5 Å². The predicted molar refractivity (Wildman–Crippen MR) is 115 cm³/mol. The molecule has 2 heterocycles. The molecule has 8 nitrogen and oxygen atoms in total. The Hall–Kier alpha value is -3.07. The first-order valence-corrected chi connectivity index (χ1v) is 10.7. The Morgan fingerprint density at radius 2 is 1.97 bits per heavy atom. The average molecular weight is 429 g/mol. The van der Waals surface area contributed by atoms with E-state index in [1.807, 2.05) is 0 Å². The first-order chi connectivity index (χ1) is 14.4. The van der Waals surface area contributed by atoms with E-state index < -0.39 is 5.97 Å². The van der Waals surface area contributed by atoms with E-state index in [0.29, 0.717) is 21.9 Å². The largest absolute Gasteiger partial charge is 0.456 e. The number of nitrogens with one attached hydrogen (secondary N) is 1. The van der Waals surface area contributed by atoms with Gasteiger partial charge in [0.15, 0.2) is 0 Å². The number of unbranched alkanes of at least 4 members (excludes halogenated alkanes) is 1. The predicted octanol–water partition coefficient (Wildman–Crippen LogP) is 3.45. The Morgan fingerprint density at radius 1 is 1.23 bits per heavy atom. The molecule has 0 aliphatic carbocycles. The molecule has 9 heteroatoms. The molecule has 0 atom stereocenters. The quantitative estimate of drug-likeness (QED) is 0.551. The summed E-state index contributed by atoms with van der Waals surface area (Å²) < 4.78 is 6.58. The standard InChI is InChI=1S/C21H24N4O4S/c1-4-5-6-17-24-25-18(26)11-16(23-21(25)30-17)12-29-20(28)14-7-9-15(10-8-14)22-19(27)13(2)3/h7-11,13H,4-6,12H2,1-3H3,(H,22,27). The number of rotatable bonds is 8. The van der Waals surface area contributed by atoms with Crippen molar-refractivity contribution in [2.24, 2.45) is 5.92 Å². The number of aromatic nitrogens is 3. The molecule has 0 radical (unpaired) electrons. The van der Waals surface area contributed by atoms with Crippen molar-refractivity contribution < 1.29 is 14.3 Å². The summed E-state index contributed by atoms with van der Waals surface area (Å²) in [4.78, 5) is 41.2. The molecule has 2 aromatic heterocycles. The van der Waals surface area contributed by atoms with Crippen LogP contribution in [-0.2, 0) is 22.6 Å². The Bertz CT molecular complexity index is 1100. The molecule has 0 spiro atoms. The van der Waals surface area contributed by atoms with Crippen LogP contribution in [0.2, 0.25) is 0 Å². The van der Waals surface area contributed by atoms with Crippen LogP contribution in [0.25, 0.3) is 4.96 Å². The Morgan fingerprint density at radius 3 is 2.63 bits per heavy atom. The minimum absolute atomic E-state index is 0.0981. The van der Waals surface area contributed by atoms with Crippen molar-refractivity contribution in [2.75, 3.05) is 5.32 Å². The molecule has 158 valence electrons. The number of benzene rings is 1. The zero-order valence-electron chi connectivity index (χ0n) is 17.2. The molecule has 0 aliphatic heterocycles. The zero-order chi connectivity index (χ0) is 21.7. The number of anilines is 1. The highest BCUT2D eigenvalue weighted by atomic mass is 32.1. The molecule has 3 rings (SSSR count). The summed E-state index contributed by atoms with van der Waals surface area (Å²) in [5.74, 6) is -0.768. The smallest absolute Gasteiger partial charge is 0.338 e. The highest BCUT2D eigenvalue weighted by Crippen LogP contribution is 2.15. The topological polar surface area (TPSA) is 103 Å². The van der Waals surface area contributed by atoms with Crippen molar-refractivity contribution in [1.82, 2.24) is 14.6 Å². The number of carbonyl (C=O) groups is 2. The maximum atomic E-state index is 12.3. The molecule has 0 unspecified atom stereocenters. The second-order valence-electron chi connectivity index (χ2n) is 7.18. The fraction of sp³-hybridized carbons (Fsp3) is 0.381.